The van der Waals surface area contributed by atoms with E-state index in [4.69, 9.17) is 11.6 Å². The van der Waals surface area contributed by atoms with Gasteiger partial charge in [0, 0.05) is 18.1 Å². The van der Waals surface area contributed by atoms with Gasteiger partial charge in [-0.2, -0.15) is 4.31 Å². The van der Waals surface area contributed by atoms with Crippen molar-refractivity contribution >= 4 is 21.6 Å². The SMILES string of the molecule is Cc1ccc(Cl)cc1S(=O)(=O)N1CC[C@@H](O)C1. The standard InChI is InChI=1S/C11H14ClNO3S/c1-8-2-3-9(12)6-11(8)17(15,16)13-5-4-10(14)7-13/h2-3,6,10,14H,4-5,7H2,1H3/t10-/m1/s1. The third-order valence-electron chi connectivity index (χ3n) is 2.89. The Labute approximate surface area is 106 Å². The minimum absolute atomic E-state index is 0.161. The van der Waals surface area contributed by atoms with Crippen LogP contribution < -0.4 is 0 Å². The van der Waals surface area contributed by atoms with Crippen molar-refractivity contribution in [3.05, 3.63) is 28.8 Å². The molecule has 1 fully saturated rings. The largest absolute Gasteiger partial charge is 0.392 e. The van der Waals surface area contributed by atoms with E-state index in [0.717, 1.165) is 0 Å². The molecule has 1 aliphatic rings. The lowest BCUT2D eigenvalue weighted by Gasteiger charge is -2.17. The average molecular weight is 276 g/mol. The van der Waals surface area contributed by atoms with E-state index in [2.05, 4.69) is 0 Å². The molecule has 17 heavy (non-hydrogen) atoms. The van der Waals surface area contributed by atoms with Crippen molar-refractivity contribution in [2.75, 3.05) is 13.1 Å². The van der Waals surface area contributed by atoms with E-state index in [1.54, 1.807) is 19.1 Å². The summed E-state index contributed by atoms with van der Waals surface area (Å²) in [5.41, 5.74) is 0.663. The van der Waals surface area contributed by atoms with Crippen LogP contribution in [0.2, 0.25) is 5.02 Å². The van der Waals surface area contributed by atoms with Crippen molar-refractivity contribution in [3.8, 4) is 0 Å². The molecule has 0 radical (unpaired) electrons. The third kappa shape index (κ3) is 2.47. The van der Waals surface area contributed by atoms with Gasteiger partial charge in [-0.15, -0.1) is 0 Å². The van der Waals surface area contributed by atoms with Crippen LogP contribution in [-0.2, 0) is 10.0 Å². The van der Waals surface area contributed by atoms with Crippen molar-refractivity contribution < 1.29 is 13.5 Å². The predicted molar refractivity (Wildman–Crippen MR) is 65.6 cm³/mol. The lowest BCUT2D eigenvalue weighted by molar-refractivity contribution is 0.189. The van der Waals surface area contributed by atoms with E-state index in [9.17, 15) is 13.5 Å². The minimum Gasteiger partial charge on any atom is -0.392 e. The maximum Gasteiger partial charge on any atom is 0.243 e. The zero-order valence-electron chi connectivity index (χ0n) is 9.43. The number of aliphatic hydroxyl groups excluding tert-OH is 1. The summed E-state index contributed by atoms with van der Waals surface area (Å²) in [5.74, 6) is 0. The van der Waals surface area contributed by atoms with E-state index in [1.165, 1.54) is 10.4 Å². The molecule has 6 heteroatoms. The highest BCUT2D eigenvalue weighted by atomic mass is 35.5. The van der Waals surface area contributed by atoms with Crippen LogP contribution in [0, 0.1) is 6.92 Å². The van der Waals surface area contributed by atoms with E-state index < -0.39 is 16.1 Å². The number of sulfonamides is 1. The Morgan fingerprint density at radius 3 is 2.76 bits per heavy atom. The second-order valence-electron chi connectivity index (χ2n) is 4.22. The Morgan fingerprint density at radius 2 is 2.18 bits per heavy atom. The van der Waals surface area contributed by atoms with Gasteiger partial charge in [0.05, 0.1) is 11.0 Å². The molecule has 0 aliphatic carbocycles. The maximum absolute atomic E-state index is 12.3. The molecule has 1 N–H and O–H groups in total. The fourth-order valence-corrected chi connectivity index (χ4v) is 3.90. The fraction of sp³-hybridized carbons (Fsp3) is 0.455. The van der Waals surface area contributed by atoms with Crippen molar-refractivity contribution in [1.82, 2.24) is 4.31 Å². The fourth-order valence-electron chi connectivity index (χ4n) is 1.92. The molecule has 0 aromatic heterocycles. The highest BCUT2D eigenvalue weighted by Crippen LogP contribution is 2.26. The smallest absolute Gasteiger partial charge is 0.243 e. The monoisotopic (exact) mass is 275 g/mol. The van der Waals surface area contributed by atoms with Gasteiger partial charge in [0.15, 0.2) is 0 Å². The van der Waals surface area contributed by atoms with Crippen molar-refractivity contribution in [2.45, 2.75) is 24.3 Å². The first-order valence-electron chi connectivity index (χ1n) is 5.35. The van der Waals surface area contributed by atoms with Crippen LogP contribution in [0.4, 0.5) is 0 Å². The Bertz CT molecular complexity index is 530. The van der Waals surface area contributed by atoms with Gasteiger partial charge < -0.3 is 5.11 Å². The summed E-state index contributed by atoms with van der Waals surface area (Å²) in [4.78, 5) is 0.221. The molecule has 4 nitrogen and oxygen atoms in total. The quantitative estimate of drug-likeness (QED) is 0.888. The number of rotatable bonds is 2. The van der Waals surface area contributed by atoms with Crippen molar-refractivity contribution in [3.63, 3.8) is 0 Å². The second-order valence-corrected chi connectivity index (χ2v) is 6.56. The number of benzene rings is 1. The summed E-state index contributed by atoms with van der Waals surface area (Å²) in [7, 11) is -3.54. The molecule has 94 valence electrons. The lowest BCUT2D eigenvalue weighted by atomic mass is 10.2. The van der Waals surface area contributed by atoms with E-state index in [-0.39, 0.29) is 11.4 Å². The zero-order chi connectivity index (χ0) is 12.6. The molecule has 1 atom stereocenters. The summed E-state index contributed by atoms with van der Waals surface area (Å²) >= 11 is 5.83. The molecule has 2 rings (SSSR count). The van der Waals surface area contributed by atoms with Gasteiger partial charge in [-0.25, -0.2) is 8.42 Å². The highest BCUT2D eigenvalue weighted by molar-refractivity contribution is 7.89. The molecule has 1 aliphatic heterocycles. The van der Waals surface area contributed by atoms with Crippen LogP contribution in [0.3, 0.4) is 0 Å². The molecule has 0 saturated carbocycles. The number of hydrogen-bond acceptors (Lipinski definition) is 3. The Balaban J connectivity index is 2.41. The molecule has 1 aromatic rings. The molecule has 0 amide bonds. The number of aryl methyl sites for hydroxylation is 1. The molecular weight excluding hydrogens is 262 g/mol. The first kappa shape index (κ1) is 12.8. The molecule has 0 spiro atoms. The first-order valence-corrected chi connectivity index (χ1v) is 7.17. The van der Waals surface area contributed by atoms with Gasteiger partial charge in [0.2, 0.25) is 10.0 Å². The number of β-amino-alcohol motifs (C(OH)–C–C–N with tert-alkyl or cyclic N) is 1. The van der Waals surface area contributed by atoms with Gasteiger partial charge in [-0.05, 0) is 31.0 Å². The van der Waals surface area contributed by atoms with E-state index in [0.29, 0.717) is 23.6 Å². The van der Waals surface area contributed by atoms with Gasteiger partial charge in [-0.3, -0.25) is 0 Å². The molecular formula is C11H14ClNO3S. The summed E-state index contributed by atoms with van der Waals surface area (Å²) in [6.45, 7) is 2.25. The van der Waals surface area contributed by atoms with Gasteiger partial charge >= 0.3 is 0 Å². The van der Waals surface area contributed by atoms with Crippen LogP contribution in [0.5, 0.6) is 0 Å². The number of aliphatic hydroxyl groups is 1. The number of hydrogen-bond donors (Lipinski definition) is 1. The summed E-state index contributed by atoms with van der Waals surface area (Å²) < 4.78 is 25.9. The van der Waals surface area contributed by atoms with E-state index >= 15 is 0 Å². The average Bonchev–Trinajstić information content (AvgIpc) is 2.69. The number of nitrogens with zero attached hydrogens (tertiary/aromatic N) is 1. The van der Waals surface area contributed by atoms with Crippen molar-refractivity contribution in [2.24, 2.45) is 0 Å². The van der Waals surface area contributed by atoms with Crippen molar-refractivity contribution in [1.29, 1.82) is 0 Å². The summed E-state index contributed by atoms with van der Waals surface area (Å²) in [6, 6.07) is 4.80. The Hall–Kier alpha value is -0.620. The Kier molecular flexibility index (Phi) is 3.45. The predicted octanol–water partition coefficient (Wildman–Crippen LogP) is 1.40. The summed E-state index contributed by atoms with van der Waals surface area (Å²) in [6.07, 6.45) is -0.0805. The summed E-state index contributed by atoms with van der Waals surface area (Å²) in [5, 5.41) is 9.80. The van der Waals surface area contributed by atoms with Gasteiger partial charge in [-0.1, -0.05) is 17.7 Å². The van der Waals surface area contributed by atoms with Crippen LogP contribution in [0.15, 0.2) is 23.1 Å². The normalized spacial score (nSPS) is 21.9. The van der Waals surface area contributed by atoms with Gasteiger partial charge in [0.1, 0.15) is 0 Å². The highest BCUT2D eigenvalue weighted by Gasteiger charge is 2.32. The van der Waals surface area contributed by atoms with Gasteiger partial charge in [0.25, 0.3) is 0 Å². The topological polar surface area (TPSA) is 57.6 Å². The minimum atomic E-state index is -3.54. The van der Waals surface area contributed by atoms with Crippen LogP contribution in [0.1, 0.15) is 12.0 Å². The van der Waals surface area contributed by atoms with Crippen LogP contribution in [-0.4, -0.2) is 37.0 Å². The number of halogens is 1. The van der Waals surface area contributed by atoms with Crippen LogP contribution in [0.25, 0.3) is 0 Å². The molecule has 0 bridgehead atoms. The second kappa shape index (κ2) is 4.57. The third-order valence-corrected chi connectivity index (χ3v) is 5.14. The van der Waals surface area contributed by atoms with Crippen LogP contribution >= 0.6 is 11.6 Å². The molecule has 1 saturated heterocycles. The molecule has 1 heterocycles. The molecule has 0 unspecified atom stereocenters. The Morgan fingerprint density at radius 1 is 1.47 bits per heavy atom. The zero-order valence-corrected chi connectivity index (χ0v) is 11.0. The maximum atomic E-state index is 12.3. The van der Waals surface area contributed by atoms with E-state index in [1.807, 2.05) is 0 Å². The lowest BCUT2D eigenvalue weighted by Crippen LogP contribution is -2.30. The molecule has 1 aromatic carbocycles. The first-order chi connectivity index (χ1) is 7.91.